The van der Waals surface area contributed by atoms with Gasteiger partial charge in [0.2, 0.25) is 5.88 Å². The maximum Gasteiger partial charge on any atom is 0.266 e. The second-order valence-electron chi connectivity index (χ2n) is 6.21. The van der Waals surface area contributed by atoms with Crippen molar-refractivity contribution in [3.8, 4) is 11.6 Å². The van der Waals surface area contributed by atoms with E-state index in [9.17, 15) is 9.59 Å². The molecule has 2 heterocycles. The minimum absolute atomic E-state index is 0.249. The summed E-state index contributed by atoms with van der Waals surface area (Å²) in [5.74, 6) is 0.126. The van der Waals surface area contributed by atoms with E-state index in [0.29, 0.717) is 33.7 Å². The summed E-state index contributed by atoms with van der Waals surface area (Å²) in [7, 11) is 1.52. The van der Waals surface area contributed by atoms with E-state index >= 15 is 0 Å². The second kappa shape index (κ2) is 7.69. The summed E-state index contributed by atoms with van der Waals surface area (Å²) in [5, 5.41) is 3.20. The van der Waals surface area contributed by atoms with Gasteiger partial charge in [-0.05, 0) is 48.6 Å². The number of anilines is 1. The molecule has 0 fully saturated rings. The number of aromatic nitrogens is 3. The molecule has 2 aromatic carbocycles. The summed E-state index contributed by atoms with van der Waals surface area (Å²) in [4.78, 5) is 32.6. The number of H-pyrrole nitrogens is 1. The predicted octanol–water partition coefficient (Wildman–Crippen LogP) is 3.70. The van der Waals surface area contributed by atoms with Crippen LogP contribution in [-0.4, -0.2) is 27.6 Å². The van der Waals surface area contributed by atoms with Crippen LogP contribution in [-0.2, 0) is 0 Å². The SMILES string of the molecule is COc1ccc(NC(=O)c2ccc3c(=O)n(-c4ccccc4)c(=S)[nH]c3c2)cn1. The fraction of sp³-hybridized carbons (Fsp3) is 0.0476. The van der Waals surface area contributed by atoms with E-state index in [-0.39, 0.29) is 16.2 Å². The van der Waals surface area contributed by atoms with Gasteiger partial charge in [0.1, 0.15) is 0 Å². The number of amides is 1. The summed E-state index contributed by atoms with van der Waals surface area (Å²) in [5.41, 5.74) is 1.84. The molecule has 0 bridgehead atoms. The number of methoxy groups -OCH3 is 1. The number of fused-ring (bicyclic) bond motifs is 1. The molecule has 0 unspecified atom stereocenters. The molecule has 0 spiro atoms. The zero-order valence-corrected chi connectivity index (χ0v) is 16.2. The van der Waals surface area contributed by atoms with Crippen LogP contribution in [0.5, 0.6) is 5.88 Å². The molecule has 8 heteroatoms. The van der Waals surface area contributed by atoms with Crippen LogP contribution >= 0.6 is 12.2 Å². The molecule has 0 saturated carbocycles. The Kier molecular flexibility index (Phi) is 4.92. The lowest BCUT2D eigenvalue weighted by molar-refractivity contribution is 0.102. The smallest absolute Gasteiger partial charge is 0.266 e. The van der Waals surface area contributed by atoms with Crippen molar-refractivity contribution in [3.05, 3.63) is 87.5 Å². The second-order valence-corrected chi connectivity index (χ2v) is 6.60. The largest absolute Gasteiger partial charge is 0.481 e. The quantitative estimate of drug-likeness (QED) is 0.506. The first-order valence-electron chi connectivity index (χ1n) is 8.73. The third kappa shape index (κ3) is 3.65. The molecular formula is C21H16N4O3S. The highest BCUT2D eigenvalue weighted by atomic mass is 32.1. The van der Waals surface area contributed by atoms with E-state index in [1.54, 1.807) is 30.3 Å². The van der Waals surface area contributed by atoms with Gasteiger partial charge in [0, 0.05) is 11.6 Å². The van der Waals surface area contributed by atoms with Crippen molar-refractivity contribution in [2.75, 3.05) is 12.4 Å². The Balaban J connectivity index is 1.70. The lowest BCUT2D eigenvalue weighted by Gasteiger charge is -2.10. The number of aromatic amines is 1. The minimum Gasteiger partial charge on any atom is -0.481 e. The van der Waals surface area contributed by atoms with Gasteiger partial charge >= 0.3 is 0 Å². The summed E-state index contributed by atoms with van der Waals surface area (Å²) < 4.78 is 6.69. The van der Waals surface area contributed by atoms with Gasteiger partial charge in [-0.15, -0.1) is 0 Å². The molecule has 0 aliphatic rings. The Morgan fingerprint density at radius 3 is 2.62 bits per heavy atom. The van der Waals surface area contributed by atoms with Gasteiger partial charge < -0.3 is 15.0 Å². The normalized spacial score (nSPS) is 10.7. The summed E-state index contributed by atoms with van der Waals surface area (Å²) in [6.07, 6.45) is 1.50. The Morgan fingerprint density at radius 1 is 1.14 bits per heavy atom. The predicted molar refractivity (Wildman–Crippen MR) is 113 cm³/mol. The fourth-order valence-corrected chi connectivity index (χ4v) is 3.25. The number of ether oxygens (including phenoxy) is 1. The van der Waals surface area contributed by atoms with Crippen LogP contribution in [0.4, 0.5) is 5.69 Å². The van der Waals surface area contributed by atoms with Crippen molar-refractivity contribution in [1.82, 2.24) is 14.5 Å². The van der Waals surface area contributed by atoms with Gasteiger partial charge in [-0.1, -0.05) is 18.2 Å². The Bertz CT molecular complexity index is 1310. The van der Waals surface area contributed by atoms with Crippen molar-refractivity contribution in [3.63, 3.8) is 0 Å². The minimum atomic E-state index is -0.328. The number of pyridine rings is 1. The first-order valence-corrected chi connectivity index (χ1v) is 9.13. The van der Waals surface area contributed by atoms with Crippen LogP contribution in [0.25, 0.3) is 16.6 Å². The Morgan fingerprint density at radius 2 is 1.93 bits per heavy atom. The van der Waals surface area contributed by atoms with E-state index in [0.717, 1.165) is 0 Å². The average Bonchev–Trinajstić information content (AvgIpc) is 2.74. The lowest BCUT2D eigenvalue weighted by atomic mass is 10.1. The number of hydrogen-bond donors (Lipinski definition) is 2. The Hall–Kier alpha value is -3.78. The first-order chi connectivity index (χ1) is 14.1. The van der Waals surface area contributed by atoms with E-state index in [4.69, 9.17) is 17.0 Å². The maximum absolute atomic E-state index is 12.9. The summed E-state index contributed by atoms with van der Waals surface area (Å²) in [6, 6.07) is 17.3. The van der Waals surface area contributed by atoms with Crippen LogP contribution in [0.2, 0.25) is 0 Å². The number of para-hydroxylation sites is 1. The van der Waals surface area contributed by atoms with Crippen molar-refractivity contribution >= 4 is 34.7 Å². The third-order valence-corrected chi connectivity index (χ3v) is 4.66. The van der Waals surface area contributed by atoms with Crippen molar-refractivity contribution in [2.45, 2.75) is 0 Å². The molecule has 4 rings (SSSR count). The summed E-state index contributed by atoms with van der Waals surface area (Å²) >= 11 is 5.37. The molecule has 4 aromatic rings. The molecule has 0 radical (unpaired) electrons. The van der Waals surface area contributed by atoms with Crippen LogP contribution in [0.1, 0.15) is 10.4 Å². The highest BCUT2D eigenvalue weighted by Crippen LogP contribution is 2.16. The fourth-order valence-electron chi connectivity index (χ4n) is 2.95. The molecular weight excluding hydrogens is 388 g/mol. The maximum atomic E-state index is 12.9. The number of rotatable bonds is 4. The molecule has 0 atom stereocenters. The molecule has 2 aromatic heterocycles. The number of nitrogens with zero attached hydrogens (tertiary/aromatic N) is 2. The van der Waals surface area contributed by atoms with Crippen molar-refractivity contribution < 1.29 is 9.53 Å². The molecule has 0 aliphatic heterocycles. The van der Waals surface area contributed by atoms with Crippen LogP contribution in [0, 0.1) is 4.77 Å². The van der Waals surface area contributed by atoms with E-state index in [1.807, 2.05) is 30.3 Å². The average molecular weight is 404 g/mol. The number of benzene rings is 2. The first kappa shape index (κ1) is 18.6. The van der Waals surface area contributed by atoms with Crippen LogP contribution in [0.15, 0.2) is 71.7 Å². The molecule has 0 aliphatic carbocycles. The highest BCUT2D eigenvalue weighted by Gasteiger charge is 2.12. The molecule has 2 N–H and O–H groups in total. The van der Waals surface area contributed by atoms with Gasteiger partial charge in [-0.25, -0.2) is 4.98 Å². The van der Waals surface area contributed by atoms with E-state index < -0.39 is 0 Å². The van der Waals surface area contributed by atoms with Crippen LogP contribution in [0.3, 0.4) is 0 Å². The van der Waals surface area contributed by atoms with Gasteiger partial charge in [-0.2, -0.15) is 0 Å². The van der Waals surface area contributed by atoms with Gasteiger partial charge in [-0.3, -0.25) is 14.2 Å². The summed E-state index contributed by atoms with van der Waals surface area (Å²) in [6.45, 7) is 0. The van der Waals surface area contributed by atoms with E-state index in [1.165, 1.54) is 17.9 Å². The zero-order valence-electron chi connectivity index (χ0n) is 15.4. The molecule has 29 heavy (non-hydrogen) atoms. The number of nitrogens with one attached hydrogen (secondary N) is 2. The van der Waals surface area contributed by atoms with Crippen molar-refractivity contribution in [2.24, 2.45) is 0 Å². The highest BCUT2D eigenvalue weighted by molar-refractivity contribution is 7.71. The topological polar surface area (TPSA) is 89.0 Å². The van der Waals surface area contributed by atoms with Crippen molar-refractivity contribution in [1.29, 1.82) is 0 Å². The standard InChI is InChI=1S/C21H16N4O3S/c1-28-18-10-8-14(12-22-18)23-19(26)13-7-9-16-17(11-13)24-21(29)25(20(16)27)15-5-3-2-4-6-15/h2-12H,1H3,(H,23,26)(H,24,29). The number of hydrogen-bond acceptors (Lipinski definition) is 5. The molecule has 144 valence electrons. The Labute approximate surface area is 170 Å². The van der Waals surface area contributed by atoms with Crippen LogP contribution < -0.4 is 15.6 Å². The number of carbonyl (C=O) groups is 1. The van der Waals surface area contributed by atoms with Gasteiger partial charge in [0.05, 0.1) is 35.6 Å². The van der Waals surface area contributed by atoms with Gasteiger partial charge in [0.15, 0.2) is 4.77 Å². The monoisotopic (exact) mass is 404 g/mol. The molecule has 7 nitrogen and oxygen atoms in total. The third-order valence-electron chi connectivity index (χ3n) is 4.38. The number of carbonyl (C=O) groups excluding carboxylic acids is 1. The lowest BCUT2D eigenvalue weighted by Crippen LogP contribution is -2.21. The van der Waals surface area contributed by atoms with E-state index in [2.05, 4.69) is 15.3 Å². The zero-order chi connectivity index (χ0) is 20.4. The molecule has 1 amide bonds. The molecule has 0 saturated heterocycles. The van der Waals surface area contributed by atoms with Gasteiger partial charge in [0.25, 0.3) is 11.5 Å².